The van der Waals surface area contributed by atoms with Gasteiger partial charge in [0, 0.05) is 55.7 Å². The summed E-state index contributed by atoms with van der Waals surface area (Å²) in [6.45, 7) is 0. The number of rotatable bonds is 7. The minimum absolute atomic E-state index is 1.12. The van der Waals surface area contributed by atoms with Gasteiger partial charge in [-0.25, -0.2) is 0 Å². The first-order valence-corrected chi connectivity index (χ1v) is 20.3. The lowest BCUT2D eigenvalue weighted by molar-refractivity contribution is 1.29. The molecule has 0 radical (unpaired) electrons. The highest BCUT2D eigenvalue weighted by atomic mass is 15.1. The topological polar surface area (TPSA) is 10.9 Å². The first-order chi connectivity index (χ1) is 29.2. The molecule has 10 aromatic carbocycles. The van der Waals surface area contributed by atoms with Crippen LogP contribution >= 0.6 is 0 Å². The molecule has 0 N–H and O–H groups in total. The Morgan fingerprint density at radius 3 is 1.02 bits per heavy atom. The molecule has 0 bridgehead atoms. The summed E-state index contributed by atoms with van der Waals surface area (Å²) in [6, 6.07) is 81.6. The van der Waals surface area contributed by atoms with Crippen LogP contribution in [0, 0.1) is 0 Å². The summed E-state index contributed by atoms with van der Waals surface area (Å²) in [5.41, 5.74) is 12.9. The van der Waals surface area contributed by atoms with E-state index in [-0.39, 0.29) is 0 Å². The van der Waals surface area contributed by atoms with Gasteiger partial charge in [-0.15, -0.1) is 0 Å². The van der Waals surface area contributed by atoms with Gasteiger partial charge in [-0.1, -0.05) is 115 Å². The maximum atomic E-state index is 2.53. The lowest BCUT2D eigenvalue weighted by Gasteiger charge is -2.25. The molecule has 2 aromatic heterocycles. The Balaban J connectivity index is 1.12. The van der Waals surface area contributed by atoms with Gasteiger partial charge in [0.15, 0.2) is 0 Å². The molecule has 3 heteroatoms. The number of nitrogens with zero attached hydrogens (tertiary/aromatic N) is 3. The van der Waals surface area contributed by atoms with E-state index in [4.69, 9.17) is 0 Å². The molecule has 59 heavy (non-hydrogen) atoms. The highest BCUT2D eigenvalue weighted by molar-refractivity contribution is 6.27. The predicted octanol–water partition coefficient (Wildman–Crippen LogP) is 15.7. The van der Waals surface area contributed by atoms with E-state index in [9.17, 15) is 0 Å². The number of fused-ring (bicyclic) bond motifs is 8. The van der Waals surface area contributed by atoms with E-state index in [0.29, 0.717) is 0 Å². The van der Waals surface area contributed by atoms with Crippen molar-refractivity contribution in [1.29, 1.82) is 0 Å². The van der Waals surface area contributed by atoms with Crippen molar-refractivity contribution >= 4 is 93.8 Å². The fourth-order valence-electron chi connectivity index (χ4n) is 9.28. The number of hydrogen-bond acceptors (Lipinski definition) is 2. The van der Waals surface area contributed by atoms with Crippen molar-refractivity contribution in [1.82, 2.24) is 4.40 Å². The fraction of sp³-hybridized carbons (Fsp3) is 0. The van der Waals surface area contributed by atoms with Crippen LogP contribution in [0.15, 0.2) is 224 Å². The van der Waals surface area contributed by atoms with Crippen LogP contribution in [-0.2, 0) is 0 Å². The number of benzene rings is 10. The zero-order valence-electron chi connectivity index (χ0n) is 32.2. The van der Waals surface area contributed by atoms with Gasteiger partial charge in [-0.3, -0.25) is 0 Å². The molecule has 12 aromatic rings. The van der Waals surface area contributed by atoms with Crippen LogP contribution in [-0.4, -0.2) is 4.40 Å². The molecule has 0 amide bonds. The Bertz CT molecular complexity index is 3180. The minimum atomic E-state index is 1.12. The molecule has 0 atom stereocenters. The predicted molar refractivity (Wildman–Crippen MR) is 251 cm³/mol. The third-order valence-electron chi connectivity index (χ3n) is 12.0. The molecule has 2 heterocycles. The van der Waals surface area contributed by atoms with E-state index in [1.807, 2.05) is 0 Å². The molecule has 0 aliphatic heterocycles. The molecule has 3 nitrogen and oxygen atoms in total. The standard InChI is InChI=1S/C56H37N3/c1-6-16-38(17-7-1)43-34-52-50-32-39-26-28-48(57(44-18-8-2-9-19-44)45-20-10-3-11-21-45)30-41(39)36-54(50)59-55-37-42-31-49(29-27-40(42)33-51(55)53(35-43)56(52)59)58(46-22-12-4-13-23-46)47-24-14-5-15-25-47/h1-37H. The molecule has 276 valence electrons. The second-order valence-electron chi connectivity index (χ2n) is 15.4. The van der Waals surface area contributed by atoms with Gasteiger partial charge in [0.25, 0.3) is 0 Å². The lowest BCUT2D eigenvalue weighted by atomic mass is 9.97. The molecule has 0 saturated heterocycles. The maximum absolute atomic E-state index is 2.53. The number of anilines is 6. The van der Waals surface area contributed by atoms with Crippen molar-refractivity contribution in [3.05, 3.63) is 224 Å². The van der Waals surface area contributed by atoms with Gasteiger partial charge in [0.2, 0.25) is 0 Å². The van der Waals surface area contributed by atoms with Crippen molar-refractivity contribution in [2.24, 2.45) is 0 Å². The number of hydrogen-bond donors (Lipinski definition) is 0. The van der Waals surface area contributed by atoms with E-state index in [1.165, 1.54) is 70.8 Å². The molecule has 0 unspecified atom stereocenters. The Morgan fingerprint density at radius 2 is 0.627 bits per heavy atom. The molecular formula is C56H37N3. The zero-order chi connectivity index (χ0) is 38.9. The van der Waals surface area contributed by atoms with E-state index in [2.05, 4.69) is 239 Å². The van der Waals surface area contributed by atoms with Gasteiger partial charge < -0.3 is 14.2 Å². The largest absolute Gasteiger partial charge is 0.310 e. The minimum Gasteiger partial charge on any atom is -0.310 e. The van der Waals surface area contributed by atoms with Gasteiger partial charge >= 0.3 is 0 Å². The smallest absolute Gasteiger partial charge is 0.0620 e. The zero-order valence-corrected chi connectivity index (χ0v) is 32.2. The van der Waals surface area contributed by atoms with Crippen molar-refractivity contribution in [3.8, 4) is 11.1 Å². The summed E-state index contributed by atoms with van der Waals surface area (Å²) >= 11 is 0. The Labute approximate surface area is 342 Å². The highest BCUT2D eigenvalue weighted by Crippen LogP contribution is 2.45. The fourth-order valence-corrected chi connectivity index (χ4v) is 9.28. The maximum Gasteiger partial charge on any atom is 0.0620 e. The quantitative estimate of drug-likeness (QED) is 0.161. The van der Waals surface area contributed by atoms with E-state index < -0.39 is 0 Å². The van der Waals surface area contributed by atoms with Gasteiger partial charge in [0.1, 0.15) is 0 Å². The van der Waals surface area contributed by atoms with Gasteiger partial charge in [-0.05, 0) is 142 Å². The van der Waals surface area contributed by atoms with Crippen LogP contribution < -0.4 is 9.80 Å². The van der Waals surface area contributed by atoms with Crippen LogP contribution in [0.1, 0.15) is 0 Å². The van der Waals surface area contributed by atoms with Crippen molar-refractivity contribution in [2.75, 3.05) is 9.80 Å². The first-order valence-electron chi connectivity index (χ1n) is 20.3. The van der Waals surface area contributed by atoms with E-state index in [1.54, 1.807) is 0 Å². The third kappa shape index (κ3) is 5.44. The Morgan fingerprint density at radius 1 is 0.254 bits per heavy atom. The average molecular weight is 752 g/mol. The number of para-hydroxylation sites is 4. The normalized spacial score (nSPS) is 11.7. The van der Waals surface area contributed by atoms with Crippen molar-refractivity contribution in [3.63, 3.8) is 0 Å². The van der Waals surface area contributed by atoms with Crippen LogP contribution in [0.3, 0.4) is 0 Å². The second kappa shape index (κ2) is 13.4. The summed E-state index contributed by atoms with van der Waals surface area (Å²) in [6.07, 6.45) is 0. The molecule has 0 aliphatic carbocycles. The summed E-state index contributed by atoms with van der Waals surface area (Å²) in [4.78, 5) is 4.68. The first kappa shape index (κ1) is 33.3. The highest BCUT2D eigenvalue weighted by Gasteiger charge is 2.22. The van der Waals surface area contributed by atoms with Crippen molar-refractivity contribution < 1.29 is 0 Å². The SMILES string of the molecule is c1ccc(-c2cc3c4cc5ccc(N(c6ccccc6)c6ccccc6)cc5cc4n4c5cc6cc(N(c7ccccc7)c7ccccc7)ccc6cc5c(c2)c34)cc1. The van der Waals surface area contributed by atoms with Crippen LogP contribution in [0.2, 0.25) is 0 Å². The van der Waals surface area contributed by atoms with Gasteiger partial charge in [-0.2, -0.15) is 0 Å². The molecular weight excluding hydrogens is 715 g/mol. The average Bonchev–Trinajstić information content (AvgIpc) is 3.79. The van der Waals surface area contributed by atoms with Gasteiger partial charge in [0.05, 0.1) is 16.6 Å². The molecule has 0 saturated carbocycles. The van der Waals surface area contributed by atoms with E-state index in [0.717, 1.165) is 34.1 Å². The van der Waals surface area contributed by atoms with Crippen LogP contribution in [0.4, 0.5) is 34.1 Å². The molecule has 0 fully saturated rings. The summed E-state index contributed by atoms with van der Waals surface area (Å²) in [7, 11) is 0. The van der Waals surface area contributed by atoms with E-state index >= 15 is 0 Å². The molecule has 0 spiro atoms. The molecule has 12 rings (SSSR count). The second-order valence-corrected chi connectivity index (χ2v) is 15.4. The molecule has 0 aliphatic rings. The number of aromatic nitrogens is 1. The Kier molecular flexibility index (Phi) is 7.54. The summed E-state index contributed by atoms with van der Waals surface area (Å²) in [5.74, 6) is 0. The van der Waals surface area contributed by atoms with Crippen LogP contribution in [0.5, 0.6) is 0 Å². The van der Waals surface area contributed by atoms with Crippen molar-refractivity contribution in [2.45, 2.75) is 0 Å². The summed E-state index contributed by atoms with van der Waals surface area (Å²) < 4.78 is 2.53. The monoisotopic (exact) mass is 751 g/mol. The van der Waals surface area contributed by atoms with Crippen LogP contribution in [0.25, 0.3) is 70.8 Å². The lowest BCUT2D eigenvalue weighted by Crippen LogP contribution is -2.09. The summed E-state index contributed by atoms with van der Waals surface area (Å²) in [5, 5.41) is 9.93. The third-order valence-corrected chi connectivity index (χ3v) is 12.0. The Hall–Kier alpha value is -7.88.